The molecule has 6 heteroatoms. The number of aryl methyl sites for hydroxylation is 1. The van der Waals surface area contributed by atoms with Gasteiger partial charge in [-0.25, -0.2) is 15.0 Å². The Balaban J connectivity index is 1.78. The van der Waals surface area contributed by atoms with Crippen LogP contribution in [-0.2, 0) is 0 Å². The molecule has 0 aliphatic carbocycles. The zero-order valence-electron chi connectivity index (χ0n) is 10.8. The number of nitrogens with one attached hydrogen (secondary N) is 2. The molecule has 4 aromatic rings. The monoisotopic (exact) mass is 264 g/mol. The number of rotatable bonds is 2. The second-order valence-corrected chi connectivity index (χ2v) is 4.60. The standard InChI is InChI=1S/C14H12N6/c1-9-16-7-11-6-10(3-5-20(9)11)19-14-12-2-4-15-13(12)17-8-18-14/h2-8H,1H3,(H2,15,17,18,19). The van der Waals surface area contributed by atoms with Gasteiger partial charge in [0.25, 0.3) is 0 Å². The molecule has 0 fully saturated rings. The van der Waals surface area contributed by atoms with Crippen molar-refractivity contribution >= 4 is 28.1 Å². The molecule has 4 heterocycles. The Kier molecular flexibility index (Phi) is 2.23. The summed E-state index contributed by atoms with van der Waals surface area (Å²) in [5.41, 5.74) is 2.84. The normalized spacial score (nSPS) is 11.2. The van der Waals surface area contributed by atoms with Gasteiger partial charge in [0.1, 0.15) is 23.6 Å². The molecule has 0 saturated heterocycles. The van der Waals surface area contributed by atoms with E-state index in [1.54, 1.807) is 6.33 Å². The first-order chi connectivity index (χ1) is 9.81. The molecule has 0 bridgehead atoms. The summed E-state index contributed by atoms with van der Waals surface area (Å²) in [5.74, 6) is 1.76. The number of pyridine rings is 1. The van der Waals surface area contributed by atoms with Crippen molar-refractivity contribution in [3.8, 4) is 0 Å². The second kappa shape index (κ2) is 4.06. The van der Waals surface area contributed by atoms with Crippen LogP contribution in [0.4, 0.5) is 11.5 Å². The van der Waals surface area contributed by atoms with Crippen LogP contribution >= 0.6 is 0 Å². The fraction of sp³-hybridized carbons (Fsp3) is 0.0714. The Hall–Kier alpha value is -2.89. The van der Waals surface area contributed by atoms with Crippen LogP contribution in [0.15, 0.2) is 43.1 Å². The number of anilines is 2. The van der Waals surface area contributed by atoms with Gasteiger partial charge in [-0.05, 0) is 25.1 Å². The SMILES string of the molecule is Cc1ncc2cc(Nc3ncnc4[nH]ccc34)ccn12. The molecule has 0 radical (unpaired) electrons. The van der Waals surface area contributed by atoms with Gasteiger partial charge in [-0.2, -0.15) is 0 Å². The van der Waals surface area contributed by atoms with Crippen LogP contribution in [0, 0.1) is 6.92 Å². The van der Waals surface area contributed by atoms with Gasteiger partial charge in [-0.15, -0.1) is 0 Å². The first-order valence-corrected chi connectivity index (χ1v) is 6.30. The lowest BCUT2D eigenvalue weighted by Crippen LogP contribution is -1.96. The maximum absolute atomic E-state index is 4.30. The van der Waals surface area contributed by atoms with Crippen LogP contribution in [-0.4, -0.2) is 24.3 Å². The molecule has 20 heavy (non-hydrogen) atoms. The van der Waals surface area contributed by atoms with E-state index in [0.29, 0.717) is 0 Å². The Morgan fingerprint density at radius 1 is 1.20 bits per heavy atom. The van der Waals surface area contributed by atoms with Crippen LogP contribution in [0.1, 0.15) is 5.82 Å². The minimum atomic E-state index is 0.789. The zero-order chi connectivity index (χ0) is 13.5. The lowest BCUT2D eigenvalue weighted by Gasteiger charge is -2.07. The summed E-state index contributed by atoms with van der Waals surface area (Å²) in [6, 6.07) is 6.00. The van der Waals surface area contributed by atoms with Crippen LogP contribution in [0.2, 0.25) is 0 Å². The summed E-state index contributed by atoms with van der Waals surface area (Å²) >= 11 is 0. The van der Waals surface area contributed by atoms with Crippen LogP contribution in [0.5, 0.6) is 0 Å². The van der Waals surface area contributed by atoms with E-state index >= 15 is 0 Å². The van der Waals surface area contributed by atoms with Crippen molar-refractivity contribution in [1.29, 1.82) is 0 Å². The van der Waals surface area contributed by atoms with Crippen LogP contribution < -0.4 is 5.32 Å². The minimum absolute atomic E-state index is 0.789. The summed E-state index contributed by atoms with van der Waals surface area (Å²) in [7, 11) is 0. The van der Waals surface area contributed by atoms with E-state index in [9.17, 15) is 0 Å². The molecule has 0 unspecified atom stereocenters. The molecule has 2 N–H and O–H groups in total. The molecule has 4 rings (SSSR count). The van der Waals surface area contributed by atoms with E-state index in [4.69, 9.17) is 0 Å². The fourth-order valence-electron chi connectivity index (χ4n) is 2.32. The average molecular weight is 264 g/mol. The molecule has 0 amide bonds. The summed E-state index contributed by atoms with van der Waals surface area (Å²) < 4.78 is 2.04. The maximum atomic E-state index is 4.30. The molecule has 98 valence electrons. The van der Waals surface area contributed by atoms with E-state index in [1.165, 1.54) is 0 Å². The minimum Gasteiger partial charge on any atom is -0.346 e. The molecule has 0 aliphatic rings. The van der Waals surface area contributed by atoms with E-state index in [1.807, 2.05) is 48.1 Å². The van der Waals surface area contributed by atoms with E-state index in [-0.39, 0.29) is 0 Å². The first-order valence-electron chi connectivity index (χ1n) is 6.30. The molecular weight excluding hydrogens is 252 g/mol. The summed E-state index contributed by atoms with van der Waals surface area (Å²) in [5, 5.41) is 4.29. The van der Waals surface area contributed by atoms with Crippen molar-refractivity contribution in [3.63, 3.8) is 0 Å². The van der Waals surface area contributed by atoms with Crippen LogP contribution in [0.3, 0.4) is 0 Å². The van der Waals surface area contributed by atoms with Gasteiger partial charge in [0.15, 0.2) is 0 Å². The topological polar surface area (TPSA) is 70.9 Å². The fourth-order valence-corrected chi connectivity index (χ4v) is 2.32. The summed E-state index contributed by atoms with van der Waals surface area (Å²) in [6.45, 7) is 1.98. The third-order valence-electron chi connectivity index (χ3n) is 3.33. The van der Waals surface area contributed by atoms with Crippen molar-refractivity contribution in [1.82, 2.24) is 24.3 Å². The maximum Gasteiger partial charge on any atom is 0.143 e. The molecular formula is C14H12N6. The number of aromatic nitrogens is 5. The number of fused-ring (bicyclic) bond motifs is 2. The van der Waals surface area contributed by atoms with E-state index in [2.05, 4.69) is 25.3 Å². The summed E-state index contributed by atoms with van der Waals surface area (Å²) in [6.07, 6.45) is 7.25. The van der Waals surface area contributed by atoms with Gasteiger partial charge >= 0.3 is 0 Å². The highest BCUT2D eigenvalue weighted by atomic mass is 15.0. The summed E-state index contributed by atoms with van der Waals surface area (Å²) in [4.78, 5) is 15.8. The van der Waals surface area contributed by atoms with Gasteiger partial charge < -0.3 is 14.7 Å². The Morgan fingerprint density at radius 3 is 3.10 bits per heavy atom. The molecule has 4 aromatic heterocycles. The second-order valence-electron chi connectivity index (χ2n) is 4.60. The Bertz CT molecular complexity index is 904. The number of aromatic amines is 1. The molecule has 0 saturated carbocycles. The molecule has 0 aromatic carbocycles. The number of H-pyrrole nitrogens is 1. The number of imidazole rings is 1. The average Bonchev–Trinajstić information content (AvgIpc) is 3.07. The van der Waals surface area contributed by atoms with Gasteiger partial charge in [0.2, 0.25) is 0 Å². The lowest BCUT2D eigenvalue weighted by atomic mass is 10.3. The van der Waals surface area contributed by atoms with Crippen molar-refractivity contribution in [2.75, 3.05) is 5.32 Å². The van der Waals surface area contributed by atoms with E-state index in [0.717, 1.165) is 33.9 Å². The van der Waals surface area contributed by atoms with Gasteiger partial charge in [-0.3, -0.25) is 0 Å². The third kappa shape index (κ3) is 1.62. The number of nitrogens with zero attached hydrogens (tertiary/aromatic N) is 4. The van der Waals surface area contributed by atoms with Crippen molar-refractivity contribution in [3.05, 3.63) is 48.9 Å². The highest BCUT2D eigenvalue weighted by molar-refractivity contribution is 5.88. The van der Waals surface area contributed by atoms with Gasteiger partial charge in [-0.1, -0.05) is 0 Å². The molecule has 0 aliphatic heterocycles. The van der Waals surface area contributed by atoms with Crippen molar-refractivity contribution in [2.45, 2.75) is 6.92 Å². The van der Waals surface area contributed by atoms with Crippen molar-refractivity contribution in [2.24, 2.45) is 0 Å². The third-order valence-corrected chi connectivity index (χ3v) is 3.33. The molecule has 6 nitrogen and oxygen atoms in total. The Labute approximate surface area is 114 Å². The number of hydrogen-bond acceptors (Lipinski definition) is 4. The quantitative estimate of drug-likeness (QED) is 0.584. The first kappa shape index (κ1) is 11.0. The highest BCUT2D eigenvalue weighted by Gasteiger charge is 2.05. The smallest absolute Gasteiger partial charge is 0.143 e. The van der Waals surface area contributed by atoms with Gasteiger partial charge in [0, 0.05) is 18.1 Å². The van der Waals surface area contributed by atoms with Crippen LogP contribution in [0.25, 0.3) is 16.6 Å². The van der Waals surface area contributed by atoms with Crippen molar-refractivity contribution < 1.29 is 0 Å². The highest BCUT2D eigenvalue weighted by Crippen LogP contribution is 2.23. The predicted molar refractivity (Wildman–Crippen MR) is 77.1 cm³/mol. The van der Waals surface area contributed by atoms with E-state index < -0.39 is 0 Å². The molecule has 0 atom stereocenters. The lowest BCUT2D eigenvalue weighted by molar-refractivity contribution is 1.04. The largest absolute Gasteiger partial charge is 0.346 e. The predicted octanol–water partition coefficient (Wildman–Crippen LogP) is 2.66. The zero-order valence-corrected chi connectivity index (χ0v) is 10.8. The molecule has 0 spiro atoms. The van der Waals surface area contributed by atoms with Gasteiger partial charge in [0.05, 0.1) is 17.1 Å². The number of hydrogen-bond donors (Lipinski definition) is 2. The Morgan fingerprint density at radius 2 is 2.15 bits per heavy atom.